The van der Waals surface area contributed by atoms with Crippen molar-refractivity contribution in [2.24, 2.45) is 0 Å². The maximum Gasteiger partial charge on any atom is 0.260 e. The van der Waals surface area contributed by atoms with E-state index in [2.05, 4.69) is 15.5 Å². The molecule has 0 saturated carbocycles. The van der Waals surface area contributed by atoms with Gasteiger partial charge in [0.15, 0.2) is 5.82 Å². The Labute approximate surface area is 149 Å². The van der Waals surface area contributed by atoms with Gasteiger partial charge < -0.3 is 5.32 Å². The number of nitrogens with zero attached hydrogens (tertiary/aromatic N) is 4. The summed E-state index contributed by atoms with van der Waals surface area (Å²) in [7, 11) is 0. The van der Waals surface area contributed by atoms with Gasteiger partial charge in [0.05, 0.1) is 18.3 Å². The van der Waals surface area contributed by atoms with E-state index >= 15 is 0 Å². The summed E-state index contributed by atoms with van der Waals surface area (Å²) in [5, 5.41) is 12.1. The van der Waals surface area contributed by atoms with Gasteiger partial charge in [-0.25, -0.2) is 0 Å². The molecule has 1 N–H and O–H groups in total. The van der Waals surface area contributed by atoms with Crippen LogP contribution in [0.2, 0.25) is 10.0 Å². The quantitative estimate of drug-likeness (QED) is 0.751. The van der Waals surface area contributed by atoms with Gasteiger partial charge in [0, 0.05) is 24.0 Å². The van der Waals surface area contributed by atoms with Crippen LogP contribution in [0.15, 0.2) is 42.9 Å². The standard InChI is InChI=1S/C16H15Cl2N5O/c1-2-22-9-12(7-19-22)16(24)20-15-14(18)10-23(21-15)8-11-3-5-13(17)6-4-11/h3-7,9-10H,2,8H2,1H3,(H,20,21,24). The predicted molar refractivity (Wildman–Crippen MR) is 93.6 cm³/mol. The van der Waals surface area contributed by atoms with Crippen LogP contribution in [0.1, 0.15) is 22.8 Å². The molecule has 0 aliphatic carbocycles. The molecule has 0 aliphatic rings. The van der Waals surface area contributed by atoms with Crippen LogP contribution in [-0.2, 0) is 13.1 Å². The van der Waals surface area contributed by atoms with Gasteiger partial charge in [0.1, 0.15) is 5.02 Å². The summed E-state index contributed by atoms with van der Waals surface area (Å²) in [6.07, 6.45) is 4.85. The smallest absolute Gasteiger partial charge is 0.260 e. The Bertz CT molecular complexity index is 854. The van der Waals surface area contributed by atoms with Crippen LogP contribution in [0.5, 0.6) is 0 Å². The Kier molecular flexibility index (Phi) is 4.87. The molecule has 2 heterocycles. The molecule has 1 amide bonds. The molecule has 1 aromatic carbocycles. The number of carbonyl (C=O) groups excluding carboxylic acids is 1. The minimum absolute atomic E-state index is 0.298. The summed E-state index contributed by atoms with van der Waals surface area (Å²) >= 11 is 12.0. The molecule has 2 aromatic heterocycles. The van der Waals surface area contributed by atoms with E-state index in [1.807, 2.05) is 31.2 Å². The van der Waals surface area contributed by atoms with Crippen LogP contribution in [0.4, 0.5) is 5.82 Å². The molecule has 3 aromatic rings. The van der Waals surface area contributed by atoms with Crippen LogP contribution in [0.3, 0.4) is 0 Å². The third kappa shape index (κ3) is 3.77. The Hall–Kier alpha value is -2.31. The first-order valence-corrected chi connectivity index (χ1v) is 8.12. The lowest BCUT2D eigenvalue weighted by atomic mass is 10.2. The first-order chi connectivity index (χ1) is 11.5. The zero-order valence-corrected chi connectivity index (χ0v) is 14.4. The molecule has 0 atom stereocenters. The molecular weight excluding hydrogens is 349 g/mol. The first kappa shape index (κ1) is 16.5. The van der Waals surface area contributed by atoms with E-state index in [1.165, 1.54) is 6.20 Å². The Balaban J connectivity index is 1.71. The first-order valence-electron chi connectivity index (χ1n) is 7.36. The number of hydrogen-bond donors (Lipinski definition) is 1. The Morgan fingerprint density at radius 3 is 2.58 bits per heavy atom. The highest BCUT2D eigenvalue weighted by atomic mass is 35.5. The molecular formula is C16H15Cl2N5O. The number of anilines is 1. The number of amides is 1. The van der Waals surface area contributed by atoms with E-state index in [0.717, 1.165) is 5.56 Å². The second-order valence-electron chi connectivity index (χ2n) is 5.19. The highest BCUT2D eigenvalue weighted by Gasteiger charge is 2.14. The predicted octanol–water partition coefficient (Wildman–Crippen LogP) is 3.71. The van der Waals surface area contributed by atoms with Crippen LogP contribution in [0.25, 0.3) is 0 Å². The fourth-order valence-corrected chi connectivity index (χ4v) is 2.50. The van der Waals surface area contributed by atoms with Gasteiger partial charge in [-0.15, -0.1) is 0 Å². The Morgan fingerprint density at radius 2 is 1.92 bits per heavy atom. The summed E-state index contributed by atoms with van der Waals surface area (Å²) in [5.41, 5.74) is 1.49. The summed E-state index contributed by atoms with van der Waals surface area (Å²) in [6, 6.07) is 7.46. The second-order valence-corrected chi connectivity index (χ2v) is 6.03. The summed E-state index contributed by atoms with van der Waals surface area (Å²) < 4.78 is 3.34. The van der Waals surface area contributed by atoms with Gasteiger partial charge in [-0.05, 0) is 24.6 Å². The molecule has 24 heavy (non-hydrogen) atoms. The van der Waals surface area contributed by atoms with Crippen molar-refractivity contribution in [3.63, 3.8) is 0 Å². The number of benzene rings is 1. The number of rotatable bonds is 5. The molecule has 0 saturated heterocycles. The fraction of sp³-hybridized carbons (Fsp3) is 0.188. The normalized spacial score (nSPS) is 10.8. The molecule has 8 heteroatoms. The maximum absolute atomic E-state index is 12.2. The third-order valence-corrected chi connectivity index (χ3v) is 3.95. The minimum Gasteiger partial charge on any atom is -0.304 e. The monoisotopic (exact) mass is 363 g/mol. The minimum atomic E-state index is -0.298. The summed E-state index contributed by atoms with van der Waals surface area (Å²) in [6.45, 7) is 3.17. The fourth-order valence-electron chi connectivity index (χ4n) is 2.17. The molecule has 3 rings (SSSR count). The van der Waals surface area contributed by atoms with Gasteiger partial charge >= 0.3 is 0 Å². The molecule has 0 fully saturated rings. The maximum atomic E-state index is 12.2. The van der Waals surface area contributed by atoms with Crippen molar-refractivity contribution in [2.75, 3.05) is 5.32 Å². The second kappa shape index (κ2) is 7.07. The van der Waals surface area contributed by atoms with Gasteiger partial charge in [-0.2, -0.15) is 10.2 Å². The van der Waals surface area contributed by atoms with E-state index in [0.29, 0.717) is 34.5 Å². The molecule has 0 unspecified atom stereocenters. The van der Waals surface area contributed by atoms with Gasteiger partial charge in [-0.3, -0.25) is 14.2 Å². The number of halogens is 2. The van der Waals surface area contributed by atoms with Crippen LogP contribution in [0, 0.1) is 0 Å². The number of carbonyl (C=O) groups is 1. The van der Waals surface area contributed by atoms with E-state index in [9.17, 15) is 4.79 Å². The highest BCUT2D eigenvalue weighted by molar-refractivity contribution is 6.33. The van der Waals surface area contributed by atoms with Crippen molar-refractivity contribution in [3.8, 4) is 0 Å². The average molecular weight is 364 g/mol. The van der Waals surface area contributed by atoms with Crippen LogP contribution < -0.4 is 5.32 Å². The molecule has 0 aliphatic heterocycles. The summed E-state index contributed by atoms with van der Waals surface area (Å²) in [5.74, 6) is 0.0215. The van der Waals surface area contributed by atoms with Crippen molar-refractivity contribution < 1.29 is 4.79 Å². The number of aryl methyl sites for hydroxylation is 1. The van der Waals surface area contributed by atoms with Crippen molar-refractivity contribution in [3.05, 3.63) is 64.0 Å². The molecule has 6 nitrogen and oxygen atoms in total. The van der Waals surface area contributed by atoms with Crippen molar-refractivity contribution in [1.82, 2.24) is 19.6 Å². The number of hydrogen-bond acceptors (Lipinski definition) is 3. The SMILES string of the molecule is CCn1cc(C(=O)Nc2nn(Cc3ccc(Cl)cc3)cc2Cl)cn1. The number of aromatic nitrogens is 4. The van der Waals surface area contributed by atoms with E-state index in [1.54, 1.807) is 21.8 Å². The zero-order valence-electron chi connectivity index (χ0n) is 12.9. The van der Waals surface area contributed by atoms with E-state index in [-0.39, 0.29) is 5.91 Å². The van der Waals surface area contributed by atoms with Crippen LogP contribution >= 0.6 is 23.2 Å². The number of nitrogens with one attached hydrogen (secondary N) is 1. The van der Waals surface area contributed by atoms with Gasteiger partial charge in [0.25, 0.3) is 5.91 Å². The summed E-state index contributed by atoms with van der Waals surface area (Å²) in [4.78, 5) is 12.2. The van der Waals surface area contributed by atoms with Crippen LogP contribution in [-0.4, -0.2) is 25.5 Å². The third-order valence-electron chi connectivity index (χ3n) is 3.43. The lowest BCUT2D eigenvalue weighted by Gasteiger charge is -2.02. The van der Waals surface area contributed by atoms with Gasteiger partial charge in [0.2, 0.25) is 0 Å². The molecule has 0 spiro atoms. The largest absolute Gasteiger partial charge is 0.304 e. The van der Waals surface area contributed by atoms with Crippen molar-refractivity contribution in [1.29, 1.82) is 0 Å². The average Bonchev–Trinajstić information content (AvgIpc) is 3.17. The molecule has 0 bridgehead atoms. The highest BCUT2D eigenvalue weighted by Crippen LogP contribution is 2.21. The molecule has 124 valence electrons. The van der Waals surface area contributed by atoms with E-state index < -0.39 is 0 Å². The van der Waals surface area contributed by atoms with Crippen molar-refractivity contribution >= 4 is 34.9 Å². The lowest BCUT2D eigenvalue weighted by Crippen LogP contribution is -2.12. The van der Waals surface area contributed by atoms with Gasteiger partial charge in [-0.1, -0.05) is 35.3 Å². The van der Waals surface area contributed by atoms with Crippen molar-refractivity contribution in [2.45, 2.75) is 20.0 Å². The molecule has 0 radical (unpaired) electrons. The zero-order chi connectivity index (χ0) is 17.1. The lowest BCUT2D eigenvalue weighted by molar-refractivity contribution is 0.102. The Morgan fingerprint density at radius 1 is 1.17 bits per heavy atom. The topological polar surface area (TPSA) is 64.7 Å². The van der Waals surface area contributed by atoms with E-state index in [4.69, 9.17) is 23.2 Å².